The van der Waals surface area contributed by atoms with Crippen molar-refractivity contribution in [2.24, 2.45) is 5.92 Å². The summed E-state index contributed by atoms with van der Waals surface area (Å²) >= 11 is 0. The van der Waals surface area contributed by atoms with Crippen LogP contribution < -0.4 is 4.90 Å². The third-order valence-corrected chi connectivity index (χ3v) is 7.29. The van der Waals surface area contributed by atoms with E-state index < -0.39 is 5.82 Å². The Morgan fingerprint density at radius 1 is 1.14 bits per heavy atom. The van der Waals surface area contributed by atoms with E-state index in [1.54, 1.807) is 28.8 Å². The lowest BCUT2D eigenvalue weighted by atomic mass is 9.98. The zero-order valence-electron chi connectivity index (χ0n) is 20.1. The largest absolute Gasteiger partial charge is 0.355 e. The number of rotatable bonds is 3. The number of anilines is 1. The molecule has 0 saturated carbocycles. The molecule has 2 fully saturated rings. The molecule has 6 rings (SSSR count). The number of nitriles is 1. The van der Waals surface area contributed by atoms with Crippen LogP contribution >= 0.6 is 0 Å². The second-order valence-electron chi connectivity index (χ2n) is 9.70. The monoisotopic (exact) mass is 483 g/mol. The van der Waals surface area contributed by atoms with Crippen molar-refractivity contribution in [2.75, 3.05) is 24.5 Å². The normalized spacial score (nSPS) is 20.2. The number of halogens is 1. The third-order valence-electron chi connectivity index (χ3n) is 7.29. The van der Waals surface area contributed by atoms with Gasteiger partial charge in [0.05, 0.1) is 23.7 Å². The molecule has 1 aromatic carbocycles. The van der Waals surface area contributed by atoms with Gasteiger partial charge in [-0.05, 0) is 44.7 Å². The smallest absolute Gasteiger partial charge is 0.273 e. The molecule has 1 amide bonds. The van der Waals surface area contributed by atoms with Gasteiger partial charge in [-0.1, -0.05) is 18.2 Å². The summed E-state index contributed by atoms with van der Waals surface area (Å²) < 4.78 is 16.1. The Hall–Kier alpha value is -4.06. The Labute approximate surface area is 208 Å². The van der Waals surface area contributed by atoms with Gasteiger partial charge in [0, 0.05) is 42.8 Å². The van der Waals surface area contributed by atoms with E-state index in [1.165, 1.54) is 6.07 Å². The molecule has 2 saturated heterocycles. The number of piperidine rings is 1. The van der Waals surface area contributed by atoms with Crippen molar-refractivity contribution in [3.05, 3.63) is 65.4 Å². The Morgan fingerprint density at radius 2 is 2.03 bits per heavy atom. The van der Waals surface area contributed by atoms with E-state index in [2.05, 4.69) is 16.0 Å². The van der Waals surface area contributed by atoms with Crippen LogP contribution in [0.1, 0.15) is 53.5 Å². The number of carbonyl (C=O) groups is 1. The lowest BCUT2D eigenvalue weighted by molar-refractivity contribution is 0.0600. The molecule has 0 N–H and O–H groups in total. The van der Waals surface area contributed by atoms with Gasteiger partial charge >= 0.3 is 0 Å². The number of aryl methyl sites for hydroxylation is 1. The van der Waals surface area contributed by atoms with E-state index in [0.717, 1.165) is 55.0 Å². The molecular weight excluding hydrogens is 457 g/mol. The van der Waals surface area contributed by atoms with Crippen molar-refractivity contribution < 1.29 is 9.18 Å². The predicted molar refractivity (Wildman–Crippen MR) is 133 cm³/mol. The average Bonchev–Trinajstić information content (AvgIpc) is 3.54. The molecule has 5 heterocycles. The number of aromatic nitrogens is 4. The summed E-state index contributed by atoms with van der Waals surface area (Å²) in [4.78, 5) is 26.8. The number of benzene rings is 1. The van der Waals surface area contributed by atoms with Crippen molar-refractivity contribution >= 4 is 28.3 Å². The van der Waals surface area contributed by atoms with Gasteiger partial charge in [0.1, 0.15) is 22.8 Å². The van der Waals surface area contributed by atoms with Gasteiger partial charge in [-0.25, -0.2) is 18.9 Å². The Bertz CT molecular complexity index is 1520. The number of fused-ring (bicyclic) bond motifs is 2. The maximum absolute atomic E-state index is 14.3. The fraction of sp³-hybridized carbons (Fsp3) is 0.370. The van der Waals surface area contributed by atoms with Crippen LogP contribution in [0, 0.1) is 30.0 Å². The van der Waals surface area contributed by atoms with Crippen LogP contribution in [0.3, 0.4) is 0 Å². The number of hydrogen-bond donors (Lipinski definition) is 0. The molecule has 0 bridgehead atoms. The molecule has 3 aromatic heterocycles. The molecule has 0 spiro atoms. The highest BCUT2D eigenvalue weighted by Crippen LogP contribution is 2.33. The molecule has 2 atom stereocenters. The molecule has 8 nitrogen and oxygen atoms in total. The van der Waals surface area contributed by atoms with Crippen LogP contribution in [0.5, 0.6) is 0 Å². The molecule has 2 aliphatic heterocycles. The number of amides is 1. The third kappa shape index (κ3) is 3.83. The first-order valence-corrected chi connectivity index (χ1v) is 12.4. The number of pyridine rings is 1. The van der Waals surface area contributed by atoms with Gasteiger partial charge in [0.25, 0.3) is 5.91 Å². The molecule has 36 heavy (non-hydrogen) atoms. The molecule has 0 aliphatic carbocycles. The molecule has 2 aliphatic rings. The zero-order valence-corrected chi connectivity index (χ0v) is 20.1. The molecule has 2 unspecified atom stereocenters. The molecule has 9 heteroatoms. The van der Waals surface area contributed by atoms with Crippen LogP contribution in [0.25, 0.3) is 16.6 Å². The van der Waals surface area contributed by atoms with Gasteiger partial charge in [-0.2, -0.15) is 10.4 Å². The van der Waals surface area contributed by atoms with Crippen LogP contribution in [-0.4, -0.2) is 50.0 Å². The second kappa shape index (κ2) is 8.86. The lowest BCUT2D eigenvalue weighted by Gasteiger charge is -2.34. The number of likely N-dealkylation sites (tertiary alicyclic amines) is 1. The summed E-state index contributed by atoms with van der Waals surface area (Å²) in [7, 11) is 0. The summed E-state index contributed by atoms with van der Waals surface area (Å²) in [6, 6.07) is 12.3. The Balaban J connectivity index is 1.32. The van der Waals surface area contributed by atoms with E-state index >= 15 is 0 Å². The fourth-order valence-corrected chi connectivity index (χ4v) is 5.42. The lowest BCUT2D eigenvalue weighted by Crippen LogP contribution is -2.39. The van der Waals surface area contributed by atoms with E-state index in [9.17, 15) is 14.4 Å². The minimum Gasteiger partial charge on any atom is -0.355 e. The maximum Gasteiger partial charge on any atom is 0.273 e. The van der Waals surface area contributed by atoms with E-state index in [-0.39, 0.29) is 29.1 Å². The highest BCUT2D eigenvalue weighted by molar-refractivity contribution is 5.95. The van der Waals surface area contributed by atoms with Crippen molar-refractivity contribution in [3.63, 3.8) is 0 Å². The van der Waals surface area contributed by atoms with Crippen molar-refractivity contribution in [1.82, 2.24) is 24.5 Å². The number of hydrogen-bond acceptors (Lipinski definition) is 6. The average molecular weight is 484 g/mol. The molecular formula is C27H26FN7O. The highest BCUT2D eigenvalue weighted by Gasteiger charge is 2.32. The predicted octanol–water partition coefficient (Wildman–Crippen LogP) is 4.44. The van der Waals surface area contributed by atoms with Gasteiger partial charge < -0.3 is 9.80 Å². The summed E-state index contributed by atoms with van der Waals surface area (Å²) in [5, 5.41) is 14.7. The minimum atomic E-state index is -0.436. The van der Waals surface area contributed by atoms with Crippen LogP contribution in [0.4, 0.5) is 10.2 Å². The van der Waals surface area contributed by atoms with E-state index in [0.29, 0.717) is 18.5 Å². The number of carbonyl (C=O) groups excluding carboxylic acids is 1. The van der Waals surface area contributed by atoms with Gasteiger partial charge in [0.2, 0.25) is 0 Å². The minimum absolute atomic E-state index is 0.0295. The van der Waals surface area contributed by atoms with Crippen LogP contribution in [0.2, 0.25) is 0 Å². The maximum atomic E-state index is 14.3. The topological polar surface area (TPSA) is 90.4 Å². The SMILES string of the molecule is Cc1cn2nc(C3CCCCN3C(=O)c3ccc4cccc(F)c4n3)cc2nc1N1CCC(C#N)C1. The quantitative estimate of drug-likeness (QED) is 0.428. The van der Waals surface area contributed by atoms with Crippen molar-refractivity contribution in [3.8, 4) is 6.07 Å². The first-order chi connectivity index (χ1) is 17.5. The van der Waals surface area contributed by atoms with Crippen LogP contribution in [-0.2, 0) is 0 Å². The van der Waals surface area contributed by atoms with Crippen LogP contribution in [0.15, 0.2) is 42.6 Å². The van der Waals surface area contributed by atoms with Gasteiger partial charge in [0.15, 0.2) is 5.65 Å². The number of nitrogens with zero attached hydrogens (tertiary/aromatic N) is 7. The molecule has 182 valence electrons. The Morgan fingerprint density at radius 3 is 2.86 bits per heavy atom. The van der Waals surface area contributed by atoms with Gasteiger partial charge in [-0.15, -0.1) is 0 Å². The standard InChI is InChI=1S/C27H26FN7O/c1-17-15-35-24(31-26(17)33-12-10-18(14-29)16-33)13-22(32-35)23-7-2-3-11-34(23)27(36)21-9-8-19-5-4-6-20(28)25(19)30-21/h4-6,8-9,13,15,18,23H,2-3,7,10-12,16H2,1H3. The highest BCUT2D eigenvalue weighted by atomic mass is 19.1. The summed E-state index contributed by atoms with van der Waals surface area (Å²) in [6.45, 7) is 4.10. The van der Waals surface area contributed by atoms with E-state index in [4.69, 9.17) is 10.1 Å². The Kier molecular flexibility index (Phi) is 5.52. The van der Waals surface area contributed by atoms with Gasteiger partial charge in [-0.3, -0.25) is 4.79 Å². The van der Waals surface area contributed by atoms with E-state index in [1.807, 2.05) is 24.1 Å². The number of para-hydroxylation sites is 1. The first-order valence-electron chi connectivity index (χ1n) is 12.4. The summed E-state index contributed by atoms with van der Waals surface area (Å²) in [5.74, 6) is 0.257. The zero-order chi connectivity index (χ0) is 24.8. The molecule has 0 radical (unpaired) electrons. The first kappa shape index (κ1) is 22.4. The molecule has 4 aromatic rings. The summed E-state index contributed by atoms with van der Waals surface area (Å²) in [5.41, 5.74) is 2.94. The second-order valence-corrected chi connectivity index (χ2v) is 9.70. The van der Waals surface area contributed by atoms with Crippen molar-refractivity contribution in [1.29, 1.82) is 5.26 Å². The summed E-state index contributed by atoms with van der Waals surface area (Å²) in [6.07, 6.45) is 5.49. The van der Waals surface area contributed by atoms with Crippen molar-refractivity contribution in [2.45, 2.75) is 38.6 Å². The fourth-order valence-electron chi connectivity index (χ4n) is 5.42.